The van der Waals surface area contributed by atoms with Crippen LogP contribution in [0.15, 0.2) is 78.5 Å². The third-order valence-corrected chi connectivity index (χ3v) is 6.55. The molecule has 0 saturated heterocycles. The van der Waals surface area contributed by atoms with Gasteiger partial charge in [-0.15, -0.1) is 16.8 Å². The Morgan fingerprint density at radius 2 is 1.63 bits per heavy atom. The standard InChI is InChI=1S/C27H27N5O2S/c1-4-13-32-24(16-25(33)28-22-11-9-18(2)19(3)14-22)30-31-27(32)35-17-26(34)29-23-12-10-20-7-5-6-8-21(20)15-23/h4-12,14-15H,1,13,16-17H2,2-3H3,(H,28,33)(H,29,34). The summed E-state index contributed by atoms with van der Waals surface area (Å²) in [6, 6.07) is 19.6. The van der Waals surface area contributed by atoms with E-state index >= 15 is 0 Å². The number of nitrogens with one attached hydrogen (secondary N) is 2. The second-order valence-corrected chi connectivity index (χ2v) is 9.16. The van der Waals surface area contributed by atoms with E-state index in [1.54, 1.807) is 10.6 Å². The first-order chi connectivity index (χ1) is 16.9. The van der Waals surface area contributed by atoms with Crippen molar-refractivity contribution in [1.29, 1.82) is 0 Å². The predicted molar refractivity (Wildman–Crippen MR) is 142 cm³/mol. The third kappa shape index (κ3) is 6.16. The highest BCUT2D eigenvalue weighted by Gasteiger charge is 2.16. The number of anilines is 2. The molecule has 4 rings (SSSR count). The number of fused-ring (bicyclic) bond motifs is 1. The van der Waals surface area contributed by atoms with E-state index < -0.39 is 0 Å². The molecule has 2 N–H and O–H groups in total. The molecule has 4 aromatic rings. The van der Waals surface area contributed by atoms with Crippen LogP contribution < -0.4 is 10.6 Å². The summed E-state index contributed by atoms with van der Waals surface area (Å²) in [7, 11) is 0. The number of rotatable bonds is 9. The largest absolute Gasteiger partial charge is 0.326 e. The lowest BCUT2D eigenvalue weighted by Crippen LogP contribution is -2.18. The first kappa shape index (κ1) is 24.2. The Balaban J connectivity index is 1.38. The number of carbonyl (C=O) groups is 2. The van der Waals surface area contributed by atoms with Gasteiger partial charge in [0.2, 0.25) is 11.8 Å². The Bertz CT molecular complexity index is 1400. The molecule has 1 heterocycles. The first-order valence-electron chi connectivity index (χ1n) is 11.2. The number of nitrogens with zero attached hydrogens (tertiary/aromatic N) is 3. The van der Waals surface area contributed by atoms with Crippen LogP contribution in [-0.2, 0) is 22.6 Å². The quantitative estimate of drug-likeness (QED) is 0.253. The topological polar surface area (TPSA) is 88.9 Å². The Labute approximate surface area is 208 Å². The maximum Gasteiger partial charge on any atom is 0.234 e. The molecule has 0 radical (unpaired) electrons. The normalized spacial score (nSPS) is 10.8. The van der Waals surface area contributed by atoms with Crippen LogP contribution in [0.3, 0.4) is 0 Å². The smallest absolute Gasteiger partial charge is 0.234 e. The molecule has 35 heavy (non-hydrogen) atoms. The zero-order valence-corrected chi connectivity index (χ0v) is 20.6. The number of allylic oxidation sites excluding steroid dienone is 1. The van der Waals surface area contributed by atoms with Gasteiger partial charge in [-0.25, -0.2) is 0 Å². The summed E-state index contributed by atoms with van der Waals surface area (Å²) < 4.78 is 1.81. The van der Waals surface area contributed by atoms with Crippen LogP contribution in [0.25, 0.3) is 10.8 Å². The van der Waals surface area contributed by atoms with E-state index in [-0.39, 0.29) is 24.0 Å². The minimum absolute atomic E-state index is 0.0671. The number of amides is 2. The fraction of sp³-hybridized carbons (Fsp3) is 0.185. The number of benzene rings is 3. The van der Waals surface area contributed by atoms with E-state index in [9.17, 15) is 9.59 Å². The Kier molecular flexibility index (Phi) is 7.62. The molecule has 0 bridgehead atoms. The molecule has 7 nitrogen and oxygen atoms in total. The van der Waals surface area contributed by atoms with E-state index in [1.165, 1.54) is 17.3 Å². The molecule has 0 aliphatic carbocycles. The lowest BCUT2D eigenvalue weighted by Gasteiger charge is -2.10. The maximum absolute atomic E-state index is 12.6. The average molecular weight is 486 g/mol. The van der Waals surface area contributed by atoms with Crippen molar-refractivity contribution in [3.8, 4) is 0 Å². The van der Waals surface area contributed by atoms with E-state index in [2.05, 4.69) is 27.4 Å². The van der Waals surface area contributed by atoms with Crippen LogP contribution in [0.1, 0.15) is 17.0 Å². The molecular formula is C27H27N5O2S. The van der Waals surface area contributed by atoms with Crippen LogP contribution in [-0.4, -0.2) is 32.3 Å². The third-order valence-electron chi connectivity index (χ3n) is 5.58. The number of aryl methyl sites for hydroxylation is 2. The fourth-order valence-corrected chi connectivity index (χ4v) is 4.40. The van der Waals surface area contributed by atoms with Crippen LogP contribution in [0.2, 0.25) is 0 Å². The summed E-state index contributed by atoms with van der Waals surface area (Å²) in [6.45, 7) is 8.26. The molecule has 2 amide bonds. The predicted octanol–water partition coefficient (Wildman–Crippen LogP) is 5.15. The minimum atomic E-state index is -0.184. The van der Waals surface area contributed by atoms with Crippen molar-refractivity contribution in [2.75, 3.05) is 16.4 Å². The molecule has 0 spiro atoms. The van der Waals surface area contributed by atoms with Crippen molar-refractivity contribution in [2.24, 2.45) is 0 Å². The summed E-state index contributed by atoms with van der Waals surface area (Å²) >= 11 is 1.27. The van der Waals surface area contributed by atoms with Crippen molar-refractivity contribution in [3.05, 3.63) is 90.3 Å². The highest BCUT2D eigenvalue weighted by molar-refractivity contribution is 7.99. The van der Waals surface area contributed by atoms with Gasteiger partial charge in [0, 0.05) is 17.9 Å². The lowest BCUT2D eigenvalue weighted by molar-refractivity contribution is -0.116. The molecule has 0 fully saturated rings. The number of hydrogen-bond donors (Lipinski definition) is 2. The molecule has 8 heteroatoms. The molecule has 3 aromatic carbocycles. The van der Waals surface area contributed by atoms with E-state index in [0.29, 0.717) is 17.5 Å². The SMILES string of the molecule is C=CCn1c(CC(=O)Nc2ccc(C)c(C)c2)nnc1SCC(=O)Nc1ccc2ccccc2c1. The van der Waals surface area contributed by atoms with Crippen LogP contribution in [0.5, 0.6) is 0 Å². The molecule has 0 aliphatic heterocycles. The molecule has 1 aromatic heterocycles. The molecule has 178 valence electrons. The maximum atomic E-state index is 12.6. The van der Waals surface area contributed by atoms with Crippen molar-refractivity contribution in [1.82, 2.24) is 14.8 Å². The van der Waals surface area contributed by atoms with Crippen molar-refractivity contribution in [2.45, 2.75) is 32.0 Å². The van der Waals surface area contributed by atoms with E-state index in [0.717, 1.165) is 27.7 Å². The van der Waals surface area contributed by atoms with Gasteiger partial charge in [-0.3, -0.25) is 9.59 Å². The average Bonchev–Trinajstić information content (AvgIpc) is 3.21. The number of hydrogen-bond acceptors (Lipinski definition) is 5. The summed E-state index contributed by atoms with van der Waals surface area (Å²) in [5, 5.41) is 17.0. The van der Waals surface area contributed by atoms with Gasteiger partial charge in [-0.1, -0.05) is 54.2 Å². The van der Waals surface area contributed by atoms with Gasteiger partial charge >= 0.3 is 0 Å². The molecule has 0 saturated carbocycles. The summed E-state index contributed by atoms with van der Waals surface area (Å²) in [5.41, 5.74) is 3.76. The zero-order chi connectivity index (χ0) is 24.8. The van der Waals surface area contributed by atoms with Gasteiger partial charge in [-0.05, 0) is 60.0 Å². The van der Waals surface area contributed by atoms with Crippen LogP contribution in [0.4, 0.5) is 11.4 Å². The highest BCUT2D eigenvalue weighted by atomic mass is 32.2. The Morgan fingerprint density at radius 3 is 2.40 bits per heavy atom. The van der Waals surface area contributed by atoms with E-state index in [4.69, 9.17) is 0 Å². The van der Waals surface area contributed by atoms with Crippen LogP contribution in [0, 0.1) is 13.8 Å². The molecule has 0 atom stereocenters. The van der Waals surface area contributed by atoms with Crippen molar-refractivity contribution in [3.63, 3.8) is 0 Å². The first-order valence-corrected chi connectivity index (χ1v) is 12.2. The van der Waals surface area contributed by atoms with Gasteiger partial charge < -0.3 is 15.2 Å². The Morgan fingerprint density at radius 1 is 0.914 bits per heavy atom. The zero-order valence-electron chi connectivity index (χ0n) is 19.7. The molecule has 0 unspecified atom stereocenters. The highest BCUT2D eigenvalue weighted by Crippen LogP contribution is 2.21. The summed E-state index contributed by atoms with van der Waals surface area (Å²) in [5.74, 6) is 0.351. The number of aromatic nitrogens is 3. The number of carbonyl (C=O) groups excluding carboxylic acids is 2. The van der Waals surface area contributed by atoms with Crippen molar-refractivity contribution >= 4 is 45.7 Å². The molecular weight excluding hydrogens is 458 g/mol. The van der Waals surface area contributed by atoms with Gasteiger partial charge in [0.25, 0.3) is 0 Å². The van der Waals surface area contributed by atoms with Gasteiger partial charge in [0.05, 0.1) is 12.2 Å². The minimum Gasteiger partial charge on any atom is -0.326 e. The van der Waals surface area contributed by atoms with Gasteiger partial charge in [0.1, 0.15) is 5.82 Å². The fourth-order valence-electron chi connectivity index (χ4n) is 3.63. The lowest BCUT2D eigenvalue weighted by atomic mass is 10.1. The number of thioether (sulfide) groups is 1. The van der Waals surface area contributed by atoms with E-state index in [1.807, 2.05) is 74.5 Å². The monoisotopic (exact) mass is 485 g/mol. The van der Waals surface area contributed by atoms with Crippen molar-refractivity contribution < 1.29 is 9.59 Å². The van der Waals surface area contributed by atoms with Gasteiger partial charge in [0.15, 0.2) is 5.16 Å². The summed E-state index contributed by atoms with van der Waals surface area (Å²) in [6.07, 6.45) is 1.78. The summed E-state index contributed by atoms with van der Waals surface area (Å²) in [4.78, 5) is 25.2. The molecule has 0 aliphatic rings. The van der Waals surface area contributed by atoms with Gasteiger partial charge in [-0.2, -0.15) is 0 Å². The Hall–Kier alpha value is -3.91. The van der Waals surface area contributed by atoms with Crippen LogP contribution >= 0.6 is 11.8 Å². The second kappa shape index (κ2) is 11.0. The second-order valence-electron chi connectivity index (χ2n) is 8.22.